The van der Waals surface area contributed by atoms with Crippen LogP contribution in [0.1, 0.15) is 15.9 Å². The van der Waals surface area contributed by atoms with Gasteiger partial charge in [-0.3, -0.25) is 4.79 Å². The molecule has 0 aliphatic rings. The molecule has 0 aromatic heterocycles. The molecule has 0 spiro atoms. The molecular formula is C19H19FO5. The molecule has 0 atom stereocenters. The van der Waals surface area contributed by atoms with Gasteiger partial charge in [-0.15, -0.1) is 0 Å². The average molecular weight is 346 g/mol. The molecule has 0 fully saturated rings. The van der Waals surface area contributed by atoms with Gasteiger partial charge in [-0.1, -0.05) is 6.07 Å². The molecule has 0 bridgehead atoms. The Bertz CT molecular complexity index is 798. The van der Waals surface area contributed by atoms with Crippen molar-refractivity contribution in [1.29, 1.82) is 0 Å². The Kier molecular flexibility index (Phi) is 6.00. The van der Waals surface area contributed by atoms with E-state index in [0.717, 1.165) is 6.08 Å². The van der Waals surface area contributed by atoms with Gasteiger partial charge in [0, 0.05) is 6.07 Å². The number of ketones is 1. The minimum atomic E-state index is -0.921. The zero-order chi connectivity index (χ0) is 18.4. The SMILES string of the molecule is COc1ccc(C(=O)/C(F)=C\c2ccc(OC)c(OC)c2)c(OC)c1. The van der Waals surface area contributed by atoms with Crippen LogP contribution >= 0.6 is 0 Å². The molecule has 0 saturated carbocycles. The number of methoxy groups -OCH3 is 4. The summed E-state index contributed by atoms with van der Waals surface area (Å²) >= 11 is 0. The van der Waals surface area contributed by atoms with Crippen LogP contribution < -0.4 is 18.9 Å². The number of benzene rings is 2. The van der Waals surface area contributed by atoms with E-state index in [9.17, 15) is 9.18 Å². The van der Waals surface area contributed by atoms with Crippen LogP contribution in [0.4, 0.5) is 4.39 Å². The number of hydrogen-bond acceptors (Lipinski definition) is 5. The summed E-state index contributed by atoms with van der Waals surface area (Å²) < 4.78 is 35.0. The van der Waals surface area contributed by atoms with Crippen LogP contribution in [0.25, 0.3) is 6.08 Å². The topological polar surface area (TPSA) is 54.0 Å². The molecule has 5 nitrogen and oxygen atoms in total. The number of allylic oxidation sites excluding steroid dienone is 1. The fourth-order valence-electron chi connectivity index (χ4n) is 2.27. The van der Waals surface area contributed by atoms with E-state index in [1.807, 2.05) is 0 Å². The van der Waals surface area contributed by atoms with Gasteiger partial charge in [0.05, 0.1) is 34.0 Å². The van der Waals surface area contributed by atoms with E-state index < -0.39 is 11.6 Å². The lowest BCUT2D eigenvalue weighted by molar-refractivity contribution is 0.100. The van der Waals surface area contributed by atoms with E-state index in [1.165, 1.54) is 40.6 Å². The maximum atomic E-state index is 14.4. The van der Waals surface area contributed by atoms with Gasteiger partial charge < -0.3 is 18.9 Å². The largest absolute Gasteiger partial charge is 0.497 e. The smallest absolute Gasteiger partial charge is 0.225 e. The predicted molar refractivity (Wildman–Crippen MR) is 92.5 cm³/mol. The normalized spacial score (nSPS) is 11.0. The number of carbonyl (C=O) groups is 1. The second-order valence-corrected chi connectivity index (χ2v) is 5.00. The first-order valence-corrected chi connectivity index (χ1v) is 7.40. The van der Waals surface area contributed by atoms with Crippen LogP contribution in [0, 0.1) is 0 Å². The number of Topliss-reactive ketones (excluding diaryl/α,β-unsaturated/α-hetero) is 1. The molecule has 132 valence electrons. The number of ether oxygens (including phenoxy) is 4. The molecule has 0 N–H and O–H groups in total. The van der Waals surface area contributed by atoms with Crippen LogP contribution in [0.2, 0.25) is 0 Å². The first kappa shape index (κ1) is 18.3. The van der Waals surface area contributed by atoms with Crippen molar-refractivity contribution in [2.24, 2.45) is 0 Å². The maximum absolute atomic E-state index is 14.4. The molecule has 25 heavy (non-hydrogen) atoms. The first-order valence-electron chi connectivity index (χ1n) is 7.40. The van der Waals surface area contributed by atoms with Crippen molar-refractivity contribution in [1.82, 2.24) is 0 Å². The molecule has 2 aromatic carbocycles. The monoisotopic (exact) mass is 346 g/mol. The fraction of sp³-hybridized carbons (Fsp3) is 0.211. The van der Waals surface area contributed by atoms with E-state index in [-0.39, 0.29) is 11.3 Å². The lowest BCUT2D eigenvalue weighted by Crippen LogP contribution is -2.03. The molecule has 0 aliphatic heterocycles. The van der Waals surface area contributed by atoms with Gasteiger partial charge in [-0.05, 0) is 35.9 Å². The average Bonchev–Trinajstić information content (AvgIpc) is 2.66. The highest BCUT2D eigenvalue weighted by Gasteiger charge is 2.18. The lowest BCUT2D eigenvalue weighted by Gasteiger charge is -2.09. The summed E-state index contributed by atoms with van der Waals surface area (Å²) in [6, 6.07) is 9.39. The Labute approximate surface area is 145 Å². The Morgan fingerprint density at radius 2 is 1.52 bits per heavy atom. The summed E-state index contributed by atoms with van der Waals surface area (Å²) in [6.45, 7) is 0. The second kappa shape index (κ2) is 8.19. The highest BCUT2D eigenvalue weighted by atomic mass is 19.1. The summed E-state index contributed by atoms with van der Waals surface area (Å²) in [5, 5.41) is 0. The van der Waals surface area contributed by atoms with Gasteiger partial charge in [0.1, 0.15) is 11.5 Å². The lowest BCUT2D eigenvalue weighted by atomic mass is 10.1. The van der Waals surface area contributed by atoms with E-state index in [1.54, 1.807) is 24.3 Å². The van der Waals surface area contributed by atoms with Crippen LogP contribution in [0.15, 0.2) is 42.2 Å². The van der Waals surface area contributed by atoms with Crippen LogP contribution in [0.5, 0.6) is 23.0 Å². The zero-order valence-electron chi connectivity index (χ0n) is 14.5. The molecule has 6 heteroatoms. The molecule has 0 saturated heterocycles. The number of rotatable bonds is 7. The molecule has 0 radical (unpaired) electrons. The minimum absolute atomic E-state index is 0.109. The summed E-state index contributed by atoms with van der Waals surface area (Å²) in [6.07, 6.45) is 1.13. The fourth-order valence-corrected chi connectivity index (χ4v) is 2.27. The van der Waals surface area contributed by atoms with E-state index in [4.69, 9.17) is 18.9 Å². The maximum Gasteiger partial charge on any atom is 0.225 e. The first-order chi connectivity index (χ1) is 12.0. The van der Waals surface area contributed by atoms with Crippen molar-refractivity contribution in [3.63, 3.8) is 0 Å². The standard InChI is InChI=1S/C19H19FO5/c1-22-13-6-7-14(17(11-13)24-3)19(21)15(20)9-12-5-8-16(23-2)18(10-12)25-4/h5-11H,1-4H3/b15-9+. The van der Waals surface area contributed by atoms with Gasteiger partial charge in [0.15, 0.2) is 17.3 Å². The Balaban J connectivity index is 2.35. The Hall–Kier alpha value is -3.02. The minimum Gasteiger partial charge on any atom is -0.497 e. The molecule has 2 rings (SSSR count). The van der Waals surface area contributed by atoms with Gasteiger partial charge in [0.25, 0.3) is 0 Å². The number of halogens is 1. The summed E-state index contributed by atoms with van der Waals surface area (Å²) in [4.78, 5) is 12.4. The van der Waals surface area contributed by atoms with Crippen molar-refractivity contribution in [3.05, 3.63) is 53.4 Å². The highest BCUT2D eigenvalue weighted by Crippen LogP contribution is 2.30. The second-order valence-electron chi connectivity index (χ2n) is 5.00. The van der Waals surface area contributed by atoms with Crippen molar-refractivity contribution in [2.75, 3.05) is 28.4 Å². The van der Waals surface area contributed by atoms with Crippen LogP contribution in [0.3, 0.4) is 0 Å². The molecule has 2 aromatic rings. The zero-order valence-corrected chi connectivity index (χ0v) is 14.5. The third kappa shape index (κ3) is 4.09. The van der Waals surface area contributed by atoms with Crippen molar-refractivity contribution in [2.45, 2.75) is 0 Å². The third-order valence-electron chi connectivity index (χ3n) is 3.57. The molecule has 0 unspecified atom stereocenters. The van der Waals surface area contributed by atoms with Crippen LogP contribution in [-0.2, 0) is 0 Å². The van der Waals surface area contributed by atoms with E-state index >= 15 is 0 Å². The number of hydrogen-bond donors (Lipinski definition) is 0. The third-order valence-corrected chi connectivity index (χ3v) is 3.57. The summed E-state index contributed by atoms with van der Waals surface area (Å²) in [7, 11) is 5.89. The Morgan fingerprint density at radius 3 is 2.12 bits per heavy atom. The van der Waals surface area contributed by atoms with Gasteiger partial charge in [-0.25, -0.2) is 4.39 Å². The van der Waals surface area contributed by atoms with E-state index in [2.05, 4.69) is 0 Å². The predicted octanol–water partition coefficient (Wildman–Crippen LogP) is 3.91. The van der Waals surface area contributed by atoms with Crippen molar-refractivity contribution >= 4 is 11.9 Å². The highest BCUT2D eigenvalue weighted by molar-refractivity contribution is 6.11. The molecule has 0 aliphatic carbocycles. The summed E-state index contributed by atoms with van der Waals surface area (Å²) in [5.41, 5.74) is 0.577. The summed E-state index contributed by atoms with van der Waals surface area (Å²) in [5.74, 6) is 0.00426. The number of carbonyl (C=O) groups excluding carboxylic acids is 1. The van der Waals surface area contributed by atoms with E-state index in [0.29, 0.717) is 22.8 Å². The van der Waals surface area contributed by atoms with Gasteiger partial charge in [-0.2, -0.15) is 0 Å². The van der Waals surface area contributed by atoms with Crippen LogP contribution in [-0.4, -0.2) is 34.2 Å². The van der Waals surface area contributed by atoms with Gasteiger partial charge in [0.2, 0.25) is 5.78 Å². The Morgan fingerprint density at radius 1 is 0.840 bits per heavy atom. The van der Waals surface area contributed by atoms with Gasteiger partial charge >= 0.3 is 0 Å². The molecular weight excluding hydrogens is 327 g/mol. The van der Waals surface area contributed by atoms with Crippen molar-refractivity contribution < 1.29 is 28.1 Å². The quantitative estimate of drug-likeness (QED) is 0.562. The molecule has 0 amide bonds. The van der Waals surface area contributed by atoms with Crippen molar-refractivity contribution in [3.8, 4) is 23.0 Å². The molecule has 0 heterocycles.